The van der Waals surface area contributed by atoms with Gasteiger partial charge in [-0.05, 0) is 18.6 Å². The molecule has 0 unspecified atom stereocenters. The summed E-state index contributed by atoms with van der Waals surface area (Å²) < 4.78 is 24.8. The van der Waals surface area contributed by atoms with Crippen molar-refractivity contribution in [1.29, 1.82) is 0 Å². The molecule has 19 heavy (non-hydrogen) atoms. The van der Waals surface area contributed by atoms with E-state index >= 15 is 0 Å². The van der Waals surface area contributed by atoms with Gasteiger partial charge >= 0.3 is 0 Å². The molecule has 0 saturated heterocycles. The Morgan fingerprint density at radius 1 is 1.21 bits per heavy atom. The zero-order chi connectivity index (χ0) is 14.3. The third-order valence-electron chi connectivity index (χ3n) is 2.53. The second-order valence-electron chi connectivity index (χ2n) is 4.38. The number of rotatable bonds is 7. The van der Waals surface area contributed by atoms with Crippen molar-refractivity contribution in [2.45, 2.75) is 26.2 Å². The van der Waals surface area contributed by atoms with Gasteiger partial charge in [0.1, 0.15) is 0 Å². The Bertz CT molecular complexity index is 526. The van der Waals surface area contributed by atoms with Gasteiger partial charge in [0, 0.05) is 6.54 Å². The second kappa shape index (κ2) is 7.13. The normalized spacial score (nSPS) is 11.1. The van der Waals surface area contributed by atoms with Gasteiger partial charge in [0.15, 0.2) is 0 Å². The third kappa shape index (κ3) is 5.74. The molecule has 2 N–H and O–H groups in total. The molecule has 6 heteroatoms. The molecular formula is C13H20N2O3S. The first-order valence-corrected chi connectivity index (χ1v) is 8.18. The topological polar surface area (TPSA) is 75.3 Å². The summed E-state index contributed by atoms with van der Waals surface area (Å²) in [5, 5.41) is 2.79. The fraction of sp³-hybridized carbons (Fsp3) is 0.462. The van der Waals surface area contributed by atoms with E-state index in [1.54, 1.807) is 24.3 Å². The van der Waals surface area contributed by atoms with E-state index in [4.69, 9.17) is 0 Å². The fourth-order valence-corrected chi connectivity index (χ4v) is 2.22. The number of unbranched alkanes of at least 4 members (excludes halogenated alkanes) is 2. The van der Waals surface area contributed by atoms with Gasteiger partial charge in [0.05, 0.1) is 17.5 Å². The maximum atomic E-state index is 12.0. The first-order chi connectivity index (χ1) is 8.94. The number of carbonyl (C=O) groups is 1. The predicted molar refractivity (Wildman–Crippen MR) is 76.8 cm³/mol. The van der Waals surface area contributed by atoms with Gasteiger partial charge in [-0.1, -0.05) is 31.9 Å². The van der Waals surface area contributed by atoms with Crippen molar-refractivity contribution in [3.8, 4) is 0 Å². The van der Waals surface area contributed by atoms with Crippen LogP contribution in [0.4, 0.5) is 5.69 Å². The van der Waals surface area contributed by atoms with Crippen molar-refractivity contribution >= 4 is 21.6 Å². The first-order valence-electron chi connectivity index (χ1n) is 6.29. The zero-order valence-electron chi connectivity index (χ0n) is 11.3. The highest BCUT2D eigenvalue weighted by Gasteiger charge is 2.12. The number of carbonyl (C=O) groups excluding carboxylic acids is 1. The minimum atomic E-state index is -3.39. The van der Waals surface area contributed by atoms with E-state index < -0.39 is 10.0 Å². The molecule has 0 saturated carbocycles. The Morgan fingerprint density at radius 2 is 1.89 bits per heavy atom. The Labute approximate surface area is 114 Å². The number of benzene rings is 1. The summed E-state index contributed by atoms with van der Waals surface area (Å²) in [4.78, 5) is 12.0. The lowest BCUT2D eigenvalue weighted by Gasteiger charge is -2.10. The number of hydrogen-bond acceptors (Lipinski definition) is 3. The van der Waals surface area contributed by atoms with Crippen LogP contribution in [0.2, 0.25) is 0 Å². The molecule has 0 aliphatic rings. The summed E-state index contributed by atoms with van der Waals surface area (Å²) in [5.74, 6) is -0.261. The van der Waals surface area contributed by atoms with Gasteiger partial charge in [-0.3, -0.25) is 9.52 Å². The van der Waals surface area contributed by atoms with Crippen LogP contribution in [0, 0.1) is 0 Å². The largest absolute Gasteiger partial charge is 0.352 e. The summed E-state index contributed by atoms with van der Waals surface area (Å²) in [7, 11) is -3.39. The molecule has 1 aromatic rings. The maximum absolute atomic E-state index is 12.0. The van der Waals surface area contributed by atoms with Crippen molar-refractivity contribution in [3.05, 3.63) is 29.8 Å². The molecule has 0 atom stereocenters. The van der Waals surface area contributed by atoms with E-state index in [0.717, 1.165) is 25.5 Å². The lowest BCUT2D eigenvalue weighted by atomic mass is 10.1. The van der Waals surface area contributed by atoms with E-state index in [2.05, 4.69) is 17.0 Å². The van der Waals surface area contributed by atoms with Crippen molar-refractivity contribution in [2.75, 3.05) is 17.5 Å². The van der Waals surface area contributed by atoms with Crippen LogP contribution in [0.1, 0.15) is 36.5 Å². The minimum Gasteiger partial charge on any atom is -0.352 e. The summed E-state index contributed by atoms with van der Waals surface area (Å²) in [6.07, 6.45) is 4.12. The van der Waals surface area contributed by atoms with E-state index in [1.807, 2.05) is 0 Å². The van der Waals surface area contributed by atoms with Crippen molar-refractivity contribution in [2.24, 2.45) is 0 Å². The molecule has 0 bridgehead atoms. The quantitative estimate of drug-likeness (QED) is 0.752. The number of hydrogen-bond donors (Lipinski definition) is 2. The molecule has 0 spiro atoms. The number of anilines is 1. The number of para-hydroxylation sites is 1. The molecule has 106 valence electrons. The molecule has 0 aromatic heterocycles. The molecule has 0 aliphatic heterocycles. The molecule has 0 fully saturated rings. The van der Waals surface area contributed by atoms with Crippen LogP contribution in [0.5, 0.6) is 0 Å². The van der Waals surface area contributed by atoms with E-state index in [0.29, 0.717) is 17.8 Å². The van der Waals surface area contributed by atoms with Crippen molar-refractivity contribution in [3.63, 3.8) is 0 Å². The van der Waals surface area contributed by atoms with E-state index in [9.17, 15) is 13.2 Å². The second-order valence-corrected chi connectivity index (χ2v) is 6.13. The van der Waals surface area contributed by atoms with Crippen LogP contribution < -0.4 is 10.0 Å². The van der Waals surface area contributed by atoms with Gasteiger partial charge in [-0.25, -0.2) is 8.42 Å². The number of amides is 1. The molecule has 0 radical (unpaired) electrons. The average molecular weight is 284 g/mol. The predicted octanol–water partition coefficient (Wildman–Crippen LogP) is 1.98. The Balaban J connectivity index is 2.74. The highest BCUT2D eigenvalue weighted by atomic mass is 32.2. The van der Waals surface area contributed by atoms with Gasteiger partial charge in [0.25, 0.3) is 5.91 Å². The maximum Gasteiger partial charge on any atom is 0.253 e. The van der Waals surface area contributed by atoms with Crippen LogP contribution in [0.3, 0.4) is 0 Å². The number of sulfonamides is 1. The summed E-state index contributed by atoms with van der Waals surface area (Å²) in [6, 6.07) is 6.56. The first kappa shape index (κ1) is 15.5. The van der Waals surface area contributed by atoms with E-state index in [-0.39, 0.29) is 5.91 Å². The third-order valence-corrected chi connectivity index (χ3v) is 3.12. The van der Waals surface area contributed by atoms with E-state index in [1.165, 1.54) is 0 Å². The SMILES string of the molecule is CCCCCNC(=O)c1ccccc1NS(C)(=O)=O. The number of nitrogens with one attached hydrogen (secondary N) is 2. The molecule has 0 aliphatic carbocycles. The monoisotopic (exact) mass is 284 g/mol. The van der Waals surface area contributed by atoms with Gasteiger partial charge in [0.2, 0.25) is 10.0 Å². The lowest BCUT2D eigenvalue weighted by molar-refractivity contribution is 0.0954. The summed E-state index contributed by atoms with van der Waals surface area (Å²) >= 11 is 0. The average Bonchev–Trinajstić information content (AvgIpc) is 2.33. The summed E-state index contributed by atoms with van der Waals surface area (Å²) in [6.45, 7) is 2.69. The van der Waals surface area contributed by atoms with Crippen molar-refractivity contribution in [1.82, 2.24) is 5.32 Å². The zero-order valence-corrected chi connectivity index (χ0v) is 12.1. The molecule has 0 heterocycles. The molecule has 1 amide bonds. The van der Waals surface area contributed by atoms with Gasteiger partial charge in [-0.2, -0.15) is 0 Å². The standard InChI is InChI=1S/C13H20N2O3S/c1-3-4-7-10-14-13(16)11-8-5-6-9-12(11)15-19(2,17)18/h5-6,8-9,15H,3-4,7,10H2,1-2H3,(H,14,16). The Morgan fingerprint density at radius 3 is 2.53 bits per heavy atom. The Hall–Kier alpha value is -1.56. The molecule has 1 aromatic carbocycles. The van der Waals surface area contributed by atoms with Crippen LogP contribution in [-0.4, -0.2) is 27.1 Å². The van der Waals surface area contributed by atoms with Crippen LogP contribution >= 0.6 is 0 Å². The lowest BCUT2D eigenvalue weighted by Crippen LogP contribution is -2.26. The molecule has 5 nitrogen and oxygen atoms in total. The highest BCUT2D eigenvalue weighted by molar-refractivity contribution is 7.92. The van der Waals surface area contributed by atoms with Crippen LogP contribution in [-0.2, 0) is 10.0 Å². The Kier molecular flexibility index (Phi) is 5.82. The minimum absolute atomic E-state index is 0.261. The fourth-order valence-electron chi connectivity index (χ4n) is 1.64. The van der Waals surface area contributed by atoms with Crippen LogP contribution in [0.25, 0.3) is 0 Å². The van der Waals surface area contributed by atoms with Gasteiger partial charge < -0.3 is 5.32 Å². The molecular weight excluding hydrogens is 264 g/mol. The molecule has 1 rings (SSSR count). The van der Waals surface area contributed by atoms with Gasteiger partial charge in [-0.15, -0.1) is 0 Å². The van der Waals surface area contributed by atoms with Crippen LogP contribution in [0.15, 0.2) is 24.3 Å². The summed E-state index contributed by atoms with van der Waals surface area (Å²) in [5.41, 5.74) is 0.641. The smallest absolute Gasteiger partial charge is 0.253 e. The van der Waals surface area contributed by atoms with Crippen molar-refractivity contribution < 1.29 is 13.2 Å². The highest BCUT2D eigenvalue weighted by Crippen LogP contribution is 2.16.